The number of carbonyl (C=O) groups is 1. The lowest BCUT2D eigenvalue weighted by atomic mass is 10.1. The molecule has 0 saturated carbocycles. The van der Waals surface area contributed by atoms with Crippen LogP contribution in [-0.2, 0) is 0 Å². The van der Waals surface area contributed by atoms with Crippen LogP contribution < -0.4 is 24.8 Å². The van der Waals surface area contributed by atoms with E-state index >= 15 is 0 Å². The van der Waals surface area contributed by atoms with E-state index in [-0.39, 0.29) is 11.0 Å². The monoisotopic (exact) mass is 471 g/mol. The summed E-state index contributed by atoms with van der Waals surface area (Å²) in [5.74, 6) is 1.70. The molecule has 1 heterocycles. The Morgan fingerprint density at radius 2 is 1.84 bits per heavy atom. The van der Waals surface area contributed by atoms with Crippen molar-refractivity contribution in [1.29, 1.82) is 0 Å². The molecule has 0 fully saturated rings. The summed E-state index contributed by atoms with van der Waals surface area (Å²) >= 11 is 6.65. The smallest absolute Gasteiger partial charge is 0.257 e. The molecule has 0 aliphatic rings. The van der Waals surface area contributed by atoms with E-state index in [0.717, 1.165) is 29.8 Å². The molecule has 0 aliphatic carbocycles. The lowest BCUT2D eigenvalue weighted by Crippen LogP contribution is -2.34. The van der Waals surface area contributed by atoms with Gasteiger partial charge in [0.1, 0.15) is 5.75 Å². The summed E-state index contributed by atoms with van der Waals surface area (Å²) in [5, 5.41) is 8.26. The average molecular weight is 472 g/mol. The summed E-state index contributed by atoms with van der Waals surface area (Å²) in [4.78, 5) is 17.0. The van der Waals surface area contributed by atoms with E-state index in [1.807, 2.05) is 23.6 Å². The van der Waals surface area contributed by atoms with E-state index < -0.39 is 0 Å². The third-order valence-corrected chi connectivity index (χ3v) is 5.48. The van der Waals surface area contributed by atoms with Crippen molar-refractivity contribution >= 4 is 39.7 Å². The van der Waals surface area contributed by atoms with Gasteiger partial charge in [0.05, 0.1) is 26.5 Å². The maximum atomic E-state index is 12.5. The SMILES string of the molecule is CCCCOc1ccc(C(=O)NC(=S)Nc2nc(-c3ccc(OC)c(OC)c3)cs2)cc1. The van der Waals surface area contributed by atoms with Gasteiger partial charge in [-0.15, -0.1) is 11.3 Å². The fourth-order valence-electron chi connectivity index (χ4n) is 2.80. The van der Waals surface area contributed by atoms with Crippen molar-refractivity contribution in [2.45, 2.75) is 19.8 Å². The molecule has 1 amide bonds. The molecule has 0 spiro atoms. The Labute approximate surface area is 196 Å². The number of carbonyl (C=O) groups excluding carboxylic acids is 1. The highest BCUT2D eigenvalue weighted by Gasteiger charge is 2.12. The Bertz CT molecular complexity index is 1070. The molecule has 3 aromatic rings. The second kappa shape index (κ2) is 11.4. The molecule has 9 heteroatoms. The van der Waals surface area contributed by atoms with Crippen molar-refractivity contribution in [3.8, 4) is 28.5 Å². The fourth-order valence-corrected chi connectivity index (χ4v) is 3.78. The van der Waals surface area contributed by atoms with Gasteiger partial charge in [-0.05, 0) is 61.1 Å². The molecule has 7 nitrogen and oxygen atoms in total. The molecule has 1 aromatic heterocycles. The summed E-state index contributed by atoms with van der Waals surface area (Å²) in [6.07, 6.45) is 2.06. The van der Waals surface area contributed by atoms with Crippen LogP contribution in [0.5, 0.6) is 17.2 Å². The van der Waals surface area contributed by atoms with Gasteiger partial charge in [-0.1, -0.05) is 13.3 Å². The summed E-state index contributed by atoms with van der Waals surface area (Å²) in [6, 6.07) is 12.5. The Kier molecular flexibility index (Phi) is 8.41. The van der Waals surface area contributed by atoms with Crippen LogP contribution in [0, 0.1) is 0 Å². The topological polar surface area (TPSA) is 81.7 Å². The van der Waals surface area contributed by atoms with Crippen LogP contribution in [0.15, 0.2) is 47.8 Å². The zero-order valence-corrected chi connectivity index (χ0v) is 19.8. The quantitative estimate of drug-likeness (QED) is 0.331. The number of amides is 1. The van der Waals surface area contributed by atoms with Gasteiger partial charge in [0, 0.05) is 16.5 Å². The van der Waals surface area contributed by atoms with Crippen molar-refractivity contribution in [1.82, 2.24) is 10.3 Å². The van der Waals surface area contributed by atoms with Gasteiger partial charge in [-0.3, -0.25) is 10.1 Å². The predicted molar refractivity (Wildman–Crippen MR) is 131 cm³/mol. The highest BCUT2D eigenvalue weighted by molar-refractivity contribution is 7.80. The molecule has 3 rings (SSSR count). The van der Waals surface area contributed by atoms with Crippen molar-refractivity contribution in [2.75, 3.05) is 26.1 Å². The number of methoxy groups -OCH3 is 2. The number of unbranched alkanes of at least 4 members (excludes halogenated alkanes) is 1. The lowest BCUT2D eigenvalue weighted by molar-refractivity contribution is 0.0977. The molecular weight excluding hydrogens is 446 g/mol. The van der Waals surface area contributed by atoms with Gasteiger partial charge in [-0.25, -0.2) is 4.98 Å². The van der Waals surface area contributed by atoms with Crippen LogP contribution in [0.4, 0.5) is 5.13 Å². The Hall–Kier alpha value is -3.17. The van der Waals surface area contributed by atoms with Crippen molar-refractivity contribution < 1.29 is 19.0 Å². The molecule has 2 aromatic carbocycles. The maximum Gasteiger partial charge on any atom is 0.257 e. The lowest BCUT2D eigenvalue weighted by Gasteiger charge is -2.09. The van der Waals surface area contributed by atoms with Gasteiger partial charge in [0.2, 0.25) is 0 Å². The Morgan fingerprint density at radius 1 is 1.09 bits per heavy atom. The first kappa shape index (κ1) is 23.5. The number of rotatable bonds is 9. The number of hydrogen-bond donors (Lipinski definition) is 2. The van der Waals surface area contributed by atoms with E-state index in [2.05, 4.69) is 22.5 Å². The number of hydrogen-bond acceptors (Lipinski definition) is 7. The number of nitrogens with zero attached hydrogens (tertiary/aromatic N) is 1. The normalized spacial score (nSPS) is 10.3. The number of anilines is 1. The van der Waals surface area contributed by atoms with E-state index in [0.29, 0.717) is 28.8 Å². The number of thiocarbonyl (C=S) groups is 1. The summed E-state index contributed by atoms with van der Waals surface area (Å²) < 4.78 is 16.2. The summed E-state index contributed by atoms with van der Waals surface area (Å²) in [5.41, 5.74) is 2.12. The van der Waals surface area contributed by atoms with E-state index in [4.69, 9.17) is 26.4 Å². The predicted octanol–water partition coefficient (Wildman–Crippen LogP) is 5.13. The van der Waals surface area contributed by atoms with Gasteiger partial charge in [0.15, 0.2) is 21.7 Å². The molecule has 0 radical (unpaired) electrons. The minimum absolute atomic E-state index is 0.173. The minimum atomic E-state index is -0.306. The maximum absolute atomic E-state index is 12.5. The number of ether oxygens (including phenoxy) is 3. The number of aromatic nitrogens is 1. The summed E-state index contributed by atoms with van der Waals surface area (Å²) in [6.45, 7) is 2.77. The molecule has 0 aliphatic heterocycles. The zero-order chi connectivity index (χ0) is 22.9. The van der Waals surface area contributed by atoms with E-state index in [9.17, 15) is 4.79 Å². The number of thiazole rings is 1. The Morgan fingerprint density at radius 3 is 2.53 bits per heavy atom. The van der Waals surface area contributed by atoms with Gasteiger partial charge >= 0.3 is 0 Å². The van der Waals surface area contributed by atoms with Crippen molar-refractivity contribution in [3.63, 3.8) is 0 Å². The highest BCUT2D eigenvalue weighted by Crippen LogP contribution is 2.33. The van der Waals surface area contributed by atoms with Gasteiger partial charge < -0.3 is 19.5 Å². The minimum Gasteiger partial charge on any atom is -0.494 e. The first-order valence-corrected chi connectivity index (χ1v) is 11.4. The largest absolute Gasteiger partial charge is 0.494 e. The van der Waals surface area contributed by atoms with Crippen LogP contribution >= 0.6 is 23.6 Å². The van der Waals surface area contributed by atoms with Gasteiger partial charge in [-0.2, -0.15) is 0 Å². The van der Waals surface area contributed by atoms with Gasteiger partial charge in [0.25, 0.3) is 5.91 Å². The van der Waals surface area contributed by atoms with E-state index in [1.165, 1.54) is 11.3 Å². The second-order valence-electron chi connectivity index (χ2n) is 6.74. The van der Waals surface area contributed by atoms with Crippen LogP contribution in [-0.4, -0.2) is 36.8 Å². The van der Waals surface area contributed by atoms with Crippen molar-refractivity contribution in [3.05, 3.63) is 53.4 Å². The second-order valence-corrected chi connectivity index (χ2v) is 8.01. The average Bonchev–Trinajstić information content (AvgIpc) is 3.27. The van der Waals surface area contributed by atoms with Crippen LogP contribution in [0.2, 0.25) is 0 Å². The molecule has 0 unspecified atom stereocenters. The summed E-state index contributed by atoms with van der Waals surface area (Å²) in [7, 11) is 3.18. The Balaban J connectivity index is 1.57. The first-order valence-electron chi connectivity index (χ1n) is 10.1. The van der Waals surface area contributed by atoms with Crippen LogP contribution in [0.3, 0.4) is 0 Å². The number of nitrogens with one attached hydrogen (secondary N) is 2. The standard InChI is InChI=1S/C23H25N3O4S2/c1-4-5-12-30-17-9-6-15(7-10-17)21(27)25-22(31)26-23-24-18(14-32-23)16-8-11-19(28-2)20(13-16)29-3/h6-11,13-14H,4-5,12H2,1-3H3,(H2,24,25,26,27,31). The molecule has 0 atom stereocenters. The molecule has 0 bridgehead atoms. The first-order chi connectivity index (χ1) is 15.5. The third kappa shape index (κ3) is 6.18. The fraction of sp³-hybridized carbons (Fsp3) is 0.261. The molecule has 168 valence electrons. The zero-order valence-electron chi connectivity index (χ0n) is 18.1. The van der Waals surface area contributed by atoms with Crippen molar-refractivity contribution in [2.24, 2.45) is 0 Å². The van der Waals surface area contributed by atoms with Crippen LogP contribution in [0.1, 0.15) is 30.1 Å². The molecular formula is C23H25N3O4S2. The van der Waals surface area contributed by atoms with E-state index in [1.54, 1.807) is 38.5 Å². The third-order valence-electron chi connectivity index (χ3n) is 4.51. The molecule has 0 saturated heterocycles. The number of benzene rings is 2. The van der Waals surface area contributed by atoms with Crippen LogP contribution in [0.25, 0.3) is 11.3 Å². The molecule has 32 heavy (non-hydrogen) atoms. The highest BCUT2D eigenvalue weighted by atomic mass is 32.1. The molecule has 2 N–H and O–H groups in total.